The van der Waals surface area contributed by atoms with E-state index < -0.39 is 11.5 Å². The molecule has 0 aromatic carbocycles. The van der Waals surface area contributed by atoms with Crippen LogP contribution in [0.15, 0.2) is 0 Å². The van der Waals surface area contributed by atoms with Crippen molar-refractivity contribution in [3.8, 4) is 0 Å². The van der Waals surface area contributed by atoms with Crippen LogP contribution >= 0.6 is 0 Å². The molecule has 0 amide bonds. The van der Waals surface area contributed by atoms with Crippen LogP contribution in [0.1, 0.15) is 40.0 Å². The van der Waals surface area contributed by atoms with Gasteiger partial charge >= 0.3 is 5.97 Å². The van der Waals surface area contributed by atoms with E-state index in [4.69, 9.17) is 0 Å². The Kier molecular flexibility index (Phi) is 4.74. The summed E-state index contributed by atoms with van der Waals surface area (Å²) in [5, 5.41) is 12.5. The number of hydrogen-bond acceptors (Lipinski definition) is 3. The number of aliphatic carboxylic acids is 1. The average Bonchev–Trinajstić information content (AvgIpc) is 2.66. The van der Waals surface area contributed by atoms with Crippen LogP contribution in [0.25, 0.3) is 0 Å². The van der Waals surface area contributed by atoms with Crippen LogP contribution in [0.3, 0.4) is 0 Å². The zero-order chi connectivity index (χ0) is 12.2. The predicted molar refractivity (Wildman–Crippen MR) is 64.6 cm³/mol. The summed E-state index contributed by atoms with van der Waals surface area (Å²) in [5.74, 6) is -0.691. The first-order valence-corrected chi connectivity index (χ1v) is 6.32. The fraction of sp³-hybridized carbons (Fsp3) is 0.917. The first kappa shape index (κ1) is 13.5. The molecule has 0 saturated heterocycles. The Labute approximate surface area is 98.0 Å². The van der Waals surface area contributed by atoms with Gasteiger partial charge in [0.05, 0.1) is 0 Å². The number of nitrogens with one attached hydrogen (secondary N) is 1. The molecule has 0 spiro atoms. The molecule has 1 aliphatic carbocycles. The van der Waals surface area contributed by atoms with Gasteiger partial charge in [0.25, 0.3) is 0 Å². The minimum absolute atomic E-state index is 0.421. The lowest BCUT2D eigenvalue weighted by Crippen LogP contribution is -2.51. The van der Waals surface area contributed by atoms with Crippen molar-refractivity contribution < 1.29 is 9.90 Å². The molecule has 2 unspecified atom stereocenters. The van der Waals surface area contributed by atoms with Gasteiger partial charge in [0, 0.05) is 6.04 Å². The number of likely N-dealkylation sites (N-methyl/N-ethyl adjacent to an activating group) is 1. The van der Waals surface area contributed by atoms with Gasteiger partial charge in [0.15, 0.2) is 0 Å². The van der Waals surface area contributed by atoms with Crippen molar-refractivity contribution >= 4 is 5.97 Å². The summed E-state index contributed by atoms with van der Waals surface area (Å²) < 4.78 is 0. The molecule has 1 fully saturated rings. The third kappa shape index (κ3) is 2.55. The van der Waals surface area contributed by atoms with E-state index in [1.54, 1.807) is 0 Å². The smallest absolute Gasteiger partial charge is 0.323 e. The Morgan fingerprint density at radius 1 is 1.44 bits per heavy atom. The molecule has 0 aromatic rings. The number of nitrogens with zero attached hydrogens (tertiary/aromatic N) is 1. The quantitative estimate of drug-likeness (QED) is 0.720. The van der Waals surface area contributed by atoms with Crippen LogP contribution in [-0.2, 0) is 4.79 Å². The summed E-state index contributed by atoms with van der Waals surface area (Å²) >= 11 is 0. The molecule has 0 radical (unpaired) electrons. The van der Waals surface area contributed by atoms with Gasteiger partial charge in [-0.3, -0.25) is 4.79 Å². The first-order chi connectivity index (χ1) is 7.59. The third-order valence-electron chi connectivity index (χ3n) is 3.74. The fourth-order valence-electron chi connectivity index (χ4n) is 2.84. The number of carboxylic acids is 1. The number of rotatable bonds is 6. The van der Waals surface area contributed by atoms with Crippen molar-refractivity contribution in [1.82, 2.24) is 10.2 Å². The summed E-state index contributed by atoms with van der Waals surface area (Å²) in [7, 11) is 0. The van der Waals surface area contributed by atoms with Crippen molar-refractivity contribution in [2.24, 2.45) is 0 Å². The van der Waals surface area contributed by atoms with Crippen LogP contribution in [0.4, 0.5) is 0 Å². The number of hydrogen-bond donors (Lipinski definition) is 2. The van der Waals surface area contributed by atoms with Crippen molar-refractivity contribution in [2.45, 2.75) is 51.6 Å². The van der Waals surface area contributed by atoms with Crippen molar-refractivity contribution in [1.29, 1.82) is 0 Å². The molecule has 2 N–H and O–H groups in total. The SMILES string of the molecule is CCNC1(C(=O)O)CCC(N(CC)CC)C1. The summed E-state index contributed by atoms with van der Waals surface area (Å²) in [4.78, 5) is 13.7. The normalized spacial score (nSPS) is 29.9. The topological polar surface area (TPSA) is 52.6 Å². The highest BCUT2D eigenvalue weighted by molar-refractivity contribution is 5.79. The van der Waals surface area contributed by atoms with Gasteiger partial charge < -0.3 is 15.3 Å². The van der Waals surface area contributed by atoms with Gasteiger partial charge in [0.1, 0.15) is 5.54 Å². The van der Waals surface area contributed by atoms with E-state index in [-0.39, 0.29) is 0 Å². The summed E-state index contributed by atoms with van der Waals surface area (Å²) in [6.07, 6.45) is 2.47. The second-order valence-electron chi connectivity index (χ2n) is 4.54. The molecule has 4 heteroatoms. The van der Waals surface area contributed by atoms with Crippen molar-refractivity contribution in [3.63, 3.8) is 0 Å². The lowest BCUT2D eigenvalue weighted by Gasteiger charge is -2.29. The van der Waals surface area contributed by atoms with Gasteiger partial charge in [-0.2, -0.15) is 0 Å². The molecule has 1 rings (SSSR count). The van der Waals surface area contributed by atoms with Crippen LogP contribution in [0.2, 0.25) is 0 Å². The molecule has 0 aromatic heterocycles. The Balaban J connectivity index is 2.69. The molecule has 1 aliphatic rings. The Morgan fingerprint density at radius 2 is 2.06 bits per heavy atom. The van der Waals surface area contributed by atoms with E-state index >= 15 is 0 Å². The van der Waals surface area contributed by atoms with Crippen molar-refractivity contribution in [3.05, 3.63) is 0 Å². The van der Waals surface area contributed by atoms with Gasteiger partial charge in [-0.15, -0.1) is 0 Å². The monoisotopic (exact) mass is 228 g/mol. The Bertz CT molecular complexity index is 241. The van der Waals surface area contributed by atoms with Crippen LogP contribution in [-0.4, -0.2) is 47.2 Å². The summed E-state index contributed by atoms with van der Waals surface area (Å²) in [6.45, 7) is 8.97. The highest BCUT2D eigenvalue weighted by Crippen LogP contribution is 2.33. The van der Waals surface area contributed by atoms with E-state index in [0.29, 0.717) is 6.04 Å². The minimum Gasteiger partial charge on any atom is -0.480 e. The number of carboxylic acid groups (broad SMARTS) is 1. The van der Waals surface area contributed by atoms with Gasteiger partial charge in [-0.25, -0.2) is 0 Å². The molecule has 0 heterocycles. The maximum Gasteiger partial charge on any atom is 0.323 e. The van der Waals surface area contributed by atoms with Crippen LogP contribution in [0, 0.1) is 0 Å². The predicted octanol–water partition coefficient (Wildman–Crippen LogP) is 1.31. The molecule has 0 bridgehead atoms. The Hall–Kier alpha value is -0.610. The van der Waals surface area contributed by atoms with Crippen molar-refractivity contribution in [2.75, 3.05) is 19.6 Å². The van der Waals surface area contributed by atoms with Gasteiger partial charge in [0.2, 0.25) is 0 Å². The maximum absolute atomic E-state index is 11.4. The first-order valence-electron chi connectivity index (χ1n) is 6.32. The molecule has 2 atom stereocenters. The lowest BCUT2D eigenvalue weighted by atomic mass is 9.97. The standard InChI is InChI=1S/C12H24N2O2/c1-4-13-12(11(15)16)8-7-10(9-12)14(5-2)6-3/h10,13H,4-9H2,1-3H3,(H,15,16). The van der Waals surface area contributed by atoms with Crippen LogP contribution in [0.5, 0.6) is 0 Å². The highest BCUT2D eigenvalue weighted by atomic mass is 16.4. The third-order valence-corrected chi connectivity index (χ3v) is 3.74. The zero-order valence-electron chi connectivity index (χ0n) is 10.6. The van der Waals surface area contributed by atoms with E-state index in [9.17, 15) is 9.90 Å². The van der Waals surface area contributed by atoms with E-state index in [1.807, 2.05) is 6.92 Å². The molecule has 0 aliphatic heterocycles. The lowest BCUT2D eigenvalue weighted by molar-refractivity contribution is -0.144. The Morgan fingerprint density at radius 3 is 2.50 bits per heavy atom. The molecule has 4 nitrogen and oxygen atoms in total. The molecular formula is C12H24N2O2. The van der Waals surface area contributed by atoms with Crippen LogP contribution < -0.4 is 5.32 Å². The minimum atomic E-state index is -0.691. The fourth-order valence-corrected chi connectivity index (χ4v) is 2.84. The largest absolute Gasteiger partial charge is 0.480 e. The zero-order valence-corrected chi connectivity index (χ0v) is 10.6. The molecular weight excluding hydrogens is 204 g/mol. The van der Waals surface area contributed by atoms with Gasteiger partial charge in [-0.05, 0) is 38.9 Å². The second kappa shape index (κ2) is 5.64. The summed E-state index contributed by atoms with van der Waals surface area (Å²) in [6, 6.07) is 0.421. The second-order valence-corrected chi connectivity index (χ2v) is 4.54. The van der Waals surface area contributed by atoms with Gasteiger partial charge in [-0.1, -0.05) is 20.8 Å². The maximum atomic E-state index is 11.4. The summed E-state index contributed by atoms with van der Waals surface area (Å²) in [5.41, 5.74) is -0.679. The molecule has 1 saturated carbocycles. The number of carbonyl (C=O) groups is 1. The molecule has 94 valence electrons. The average molecular weight is 228 g/mol. The van der Waals surface area contributed by atoms with E-state index in [0.717, 1.165) is 38.9 Å². The highest BCUT2D eigenvalue weighted by Gasteiger charge is 2.45. The van der Waals surface area contributed by atoms with E-state index in [1.165, 1.54) is 0 Å². The van der Waals surface area contributed by atoms with E-state index in [2.05, 4.69) is 24.1 Å². The molecule has 16 heavy (non-hydrogen) atoms.